The van der Waals surface area contributed by atoms with Crippen molar-refractivity contribution in [2.24, 2.45) is 0 Å². The monoisotopic (exact) mass is 314 g/mol. The Bertz CT molecular complexity index is 354. The van der Waals surface area contributed by atoms with Crippen molar-refractivity contribution in [2.45, 2.75) is 20.4 Å². The Kier molecular flexibility index (Phi) is 7.32. The van der Waals surface area contributed by atoms with Crippen LogP contribution in [-0.4, -0.2) is 38.2 Å². The zero-order valence-electron chi connectivity index (χ0n) is 11.5. The largest absolute Gasteiger partial charge is 0.492 e. The summed E-state index contributed by atoms with van der Waals surface area (Å²) >= 11 is 3.54. The molecule has 0 aliphatic heterocycles. The van der Waals surface area contributed by atoms with Gasteiger partial charge in [0.25, 0.3) is 0 Å². The number of ether oxygens (including phenoxy) is 1. The van der Waals surface area contributed by atoms with Crippen LogP contribution in [0.5, 0.6) is 5.75 Å². The van der Waals surface area contributed by atoms with Crippen LogP contribution in [0.25, 0.3) is 0 Å². The minimum Gasteiger partial charge on any atom is -0.492 e. The van der Waals surface area contributed by atoms with Crippen molar-refractivity contribution < 1.29 is 4.74 Å². The van der Waals surface area contributed by atoms with Gasteiger partial charge in [0.1, 0.15) is 12.4 Å². The molecule has 0 saturated carbocycles. The van der Waals surface area contributed by atoms with Crippen LogP contribution in [0, 0.1) is 0 Å². The molecule has 0 saturated heterocycles. The molecule has 0 bridgehead atoms. The molecule has 18 heavy (non-hydrogen) atoms. The topological polar surface area (TPSA) is 24.5 Å². The summed E-state index contributed by atoms with van der Waals surface area (Å²) in [6.45, 7) is 9.05. The highest BCUT2D eigenvalue weighted by Crippen LogP contribution is 2.22. The minimum absolute atomic E-state index is 0.738. The molecule has 3 nitrogen and oxygen atoms in total. The maximum absolute atomic E-state index is 5.79. The standard InChI is InChI=1S/C14H23BrN2O/c1-4-17(5-2)8-9-18-13-6-7-14(15)12(10-13)11-16-3/h6-7,10,16H,4-5,8-9,11H2,1-3H3. The Morgan fingerprint density at radius 1 is 1.28 bits per heavy atom. The highest BCUT2D eigenvalue weighted by atomic mass is 79.9. The number of benzene rings is 1. The molecule has 0 spiro atoms. The number of hydrogen-bond acceptors (Lipinski definition) is 3. The van der Waals surface area contributed by atoms with Gasteiger partial charge in [-0.3, -0.25) is 0 Å². The molecule has 0 heterocycles. The summed E-state index contributed by atoms with van der Waals surface area (Å²) in [6.07, 6.45) is 0. The van der Waals surface area contributed by atoms with Gasteiger partial charge in [-0.25, -0.2) is 0 Å². The second-order valence-electron chi connectivity index (χ2n) is 4.16. The lowest BCUT2D eigenvalue weighted by atomic mass is 10.2. The van der Waals surface area contributed by atoms with E-state index in [4.69, 9.17) is 4.74 Å². The van der Waals surface area contributed by atoms with E-state index in [-0.39, 0.29) is 0 Å². The van der Waals surface area contributed by atoms with Crippen LogP contribution in [0.1, 0.15) is 19.4 Å². The molecule has 0 unspecified atom stereocenters. The Balaban J connectivity index is 2.49. The molecule has 0 atom stereocenters. The number of rotatable bonds is 8. The van der Waals surface area contributed by atoms with Gasteiger partial charge in [-0.05, 0) is 43.9 Å². The number of nitrogens with one attached hydrogen (secondary N) is 1. The predicted octanol–water partition coefficient (Wildman–Crippen LogP) is 2.89. The normalized spacial score (nSPS) is 10.9. The van der Waals surface area contributed by atoms with Crippen molar-refractivity contribution in [3.63, 3.8) is 0 Å². The molecule has 4 heteroatoms. The summed E-state index contributed by atoms with van der Waals surface area (Å²) < 4.78 is 6.91. The zero-order valence-corrected chi connectivity index (χ0v) is 13.1. The van der Waals surface area contributed by atoms with Crippen LogP contribution in [0.15, 0.2) is 22.7 Å². The highest BCUT2D eigenvalue weighted by molar-refractivity contribution is 9.10. The Hall–Kier alpha value is -0.580. The molecular weight excluding hydrogens is 292 g/mol. The maximum Gasteiger partial charge on any atom is 0.119 e. The van der Waals surface area contributed by atoms with E-state index in [9.17, 15) is 0 Å². The van der Waals surface area contributed by atoms with Crippen molar-refractivity contribution >= 4 is 15.9 Å². The zero-order chi connectivity index (χ0) is 13.4. The van der Waals surface area contributed by atoms with Crippen molar-refractivity contribution in [1.82, 2.24) is 10.2 Å². The summed E-state index contributed by atoms with van der Waals surface area (Å²) in [5.74, 6) is 0.940. The molecule has 1 rings (SSSR count). The van der Waals surface area contributed by atoms with Crippen LogP contribution in [-0.2, 0) is 6.54 Å². The summed E-state index contributed by atoms with van der Waals surface area (Å²) in [5.41, 5.74) is 1.22. The van der Waals surface area contributed by atoms with E-state index in [0.717, 1.165) is 43.0 Å². The third-order valence-electron chi connectivity index (χ3n) is 2.96. The van der Waals surface area contributed by atoms with Crippen LogP contribution < -0.4 is 10.1 Å². The van der Waals surface area contributed by atoms with E-state index >= 15 is 0 Å². The smallest absolute Gasteiger partial charge is 0.119 e. The molecule has 102 valence electrons. The van der Waals surface area contributed by atoms with Gasteiger partial charge in [0.2, 0.25) is 0 Å². The molecule has 0 amide bonds. The average molecular weight is 315 g/mol. The molecule has 1 aromatic rings. The second kappa shape index (κ2) is 8.51. The molecule has 0 aliphatic carbocycles. The van der Waals surface area contributed by atoms with Gasteiger partial charge in [-0.15, -0.1) is 0 Å². The fourth-order valence-corrected chi connectivity index (χ4v) is 2.19. The van der Waals surface area contributed by atoms with Crippen molar-refractivity contribution in [3.05, 3.63) is 28.2 Å². The van der Waals surface area contributed by atoms with Crippen molar-refractivity contribution in [2.75, 3.05) is 33.3 Å². The summed E-state index contributed by atoms with van der Waals surface area (Å²) in [7, 11) is 1.94. The van der Waals surface area contributed by atoms with Gasteiger partial charge in [-0.1, -0.05) is 29.8 Å². The lowest BCUT2D eigenvalue weighted by molar-refractivity contribution is 0.222. The number of halogens is 1. The second-order valence-corrected chi connectivity index (χ2v) is 5.01. The first-order chi connectivity index (χ1) is 8.71. The molecule has 0 radical (unpaired) electrons. The van der Waals surface area contributed by atoms with Gasteiger partial charge in [0.15, 0.2) is 0 Å². The first-order valence-electron chi connectivity index (χ1n) is 6.49. The predicted molar refractivity (Wildman–Crippen MR) is 80.2 cm³/mol. The van der Waals surface area contributed by atoms with Crippen LogP contribution in [0.4, 0.5) is 0 Å². The van der Waals surface area contributed by atoms with E-state index < -0.39 is 0 Å². The lowest BCUT2D eigenvalue weighted by Gasteiger charge is -2.18. The molecule has 1 aromatic carbocycles. The number of hydrogen-bond donors (Lipinski definition) is 1. The molecule has 1 N–H and O–H groups in total. The molecule has 0 aliphatic rings. The van der Waals surface area contributed by atoms with Gasteiger partial charge >= 0.3 is 0 Å². The fourth-order valence-electron chi connectivity index (χ4n) is 1.80. The summed E-state index contributed by atoms with van der Waals surface area (Å²) in [6, 6.07) is 6.13. The van der Waals surface area contributed by atoms with Gasteiger partial charge in [0, 0.05) is 17.6 Å². The Labute approximate surface area is 119 Å². The molecule has 0 aromatic heterocycles. The van der Waals surface area contributed by atoms with Gasteiger partial charge < -0.3 is 15.0 Å². The highest BCUT2D eigenvalue weighted by Gasteiger charge is 2.03. The maximum atomic E-state index is 5.79. The third-order valence-corrected chi connectivity index (χ3v) is 3.73. The SMILES string of the molecule is CCN(CC)CCOc1ccc(Br)c(CNC)c1. The lowest BCUT2D eigenvalue weighted by Crippen LogP contribution is -2.27. The van der Waals surface area contributed by atoms with E-state index in [0.29, 0.717) is 0 Å². The van der Waals surface area contributed by atoms with E-state index in [1.54, 1.807) is 0 Å². The number of likely N-dealkylation sites (N-methyl/N-ethyl adjacent to an activating group) is 1. The van der Waals surface area contributed by atoms with E-state index in [1.165, 1.54) is 5.56 Å². The van der Waals surface area contributed by atoms with E-state index in [2.05, 4.69) is 46.1 Å². The van der Waals surface area contributed by atoms with Crippen LogP contribution >= 0.6 is 15.9 Å². The van der Waals surface area contributed by atoms with Crippen molar-refractivity contribution in [3.8, 4) is 5.75 Å². The fraction of sp³-hybridized carbons (Fsp3) is 0.571. The third kappa shape index (κ3) is 4.96. The Morgan fingerprint density at radius 2 is 2.00 bits per heavy atom. The summed E-state index contributed by atoms with van der Waals surface area (Å²) in [4.78, 5) is 2.35. The van der Waals surface area contributed by atoms with E-state index in [1.807, 2.05) is 19.2 Å². The first kappa shape index (κ1) is 15.5. The van der Waals surface area contributed by atoms with Gasteiger partial charge in [0.05, 0.1) is 0 Å². The average Bonchev–Trinajstić information content (AvgIpc) is 2.38. The van der Waals surface area contributed by atoms with Gasteiger partial charge in [-0.2, -0.15) is 0 Å². The minimum atomic E-state index is 0.738. The van der Waals surface area contributed by atoms with Crippen LogP contribution in [0.3, 0.4) is 0 Å². The molecular formula is C14H23BrN2O. The quantitative estimate of drug-likeness (QED) is 0.798. The summed E-state index contributed by atoms with van der Waals surface area (Å²) in [5, 5.41) is 3.15. The molecule has 0 fully saturated rings. The number of nitrogens with zero attached hydrogens (tertiary/aromatic N) is 1. The Morgan fingerprint density at radius 3 is 2.61 bits per heavy atom. The van der Waals surface area contributed by atoms with Crippen molar-refractivity contribution in [1.29, 1.82) is 0 Å². The van der Waals surface area contributed by atoms with Crippen LogP contribution in [0.2, 0.25) is 0 Å². The first-order valence-corrected chi connectivity index (χ1v) is 7.28.